The molecule has 0 aliphatic carbocycles. The number of amides is 2. The van der Waals surface area contributed by atoms with Gasteiger partial charge in [0.05, 0.1) is 47.5 Å². The van der Waals surface area contributed by atoms with Gasteiger partial charge in [-0.15, -0.1) is 0 Å². The Morgan fingerprint density at radius 3 is 2.48 bits per heavy atom. The van der Waals surface area contributed by atoms with Gasteiger partial charge in [-0.05, 0) is 160 Å². The van der Waals surface area contributed by atoms with E-state index in [1.165, 1.54) is 0 Å². The van der Waals surface area contributed by atoms with Gasteiger partial charge in [0, 0.05) is 41.5 Å². The summed E-state index contributed by atoms with van der Waals surface area (Å²) in [7, 11) is 0. The first-order valence-corrected chi connectivity index (χ1v) is 22.7. The topological polar surface area (TPSA) is 242 Å². The van der Waals surface area contributed by atoms with Crippen LogP contribution in [0.4, 0.5) is 5.69 Å². The lowest BCUT2D eigenvalue weighted by Gasteiger charge is -2.19. The fourth-order valence-electron chi connectivity index (χ4n) is 8.44. The third-order valence-electron chi connectivity index (χ3n) is 12.2. The zero-order valence-electron chi connectivity index (χ0n) is 38.3. The summed E-state index contributed by atoms with van der Waals surface area (Å²) in [5, 5.41) is 19.0. The number of pyridine rings is 1. The molecule has 5 aromatic heterocycles. The molecule has 9 N–H and O–H groups in total. The predicted molar refractivity (Wildman–Crippen MR) is 263 cm³/mol. The fraction of sp³-hybridized carbons (Fsp3) is 0.314. The van der Waals surface area contributed by atoms with Crippen LogP contribution in [0.2, 0.25) is 0 Å². The lowest BCUT2D eigenvalue weighted by molar-refractivity contribution is -0.136. The number of fused-ring (bicyclic) bond motifs is 9. The van der Waals surface area contributed by atoms with Crippen molar-refractivity contribution in [2.45, 2.75) is 85.2 Å². The zero-order valence-corrected chi connectivity index (χ0v) is 38.3. The van der Waals surface area contributed by atoms with Gasteiger partial charge < -0.3 is 46.5 Å². The normalized spacial score (nSPS) is 12.8. The molecule has 0 radical (unpaired) electrons. The molecule has 0 fully saturated rings. The number of carbonyl (C=O) groups excluding carboxylic acids is 2. The maximum atomic E-state index is 13.8. The van der Waals surface area contributed by atoms with Crippen molar-refractivity contribution >= 4 is 79.5 Å². The number of aryl methyl sites for hydroxylation is 3. The van der Waals surface area contributed by atoms with E-state index in [4.69, 9.17) is 20.4 Å². The lowest BCUT2D eigenvalue weighted by Crippen LogP contribution is -2.47. The molecule has 0 saturated heterocycles. The van der Waals surface area contributed by atoms with Crippen molar-refractivity contribution in [3.05, 3.63) is 118 Å². The van der Waals surface area contributed by atoms with Crippen molar-refractivity contribution in [1.82, 2.24) is 45.5 Å². The fourth-order valence-corrected chi connectivity index (χ4v) is 8.44. The van der Waals surface area contributed by atoms with Crippen molar-refractivity contribution < 1.29 is 24.2 Å². The van der Waals surface area contributed by atoms with Crippen LogP contribution in [0.1, 0.15) is 97.4 Å². The highest BCUT2D eigenvalue weighted by Crippen LogP contribution is 2.35. The SMILES string of the molecule is CC1=Cc2cc3[nH]c(cc4nc(cc5[nH]c(cc1n2)c(C)c5CCC(=O)N[C@@H](CCCCN)C(=O)NCCOc1ccc(CNc2cnc5[nH]cnc5c2)cc1)C(CCC(=O)O)=C4C)cc3C. The summed E-state index contributed by atoms with van der Waals surface area (Å²) in [5.41, 5.74) is 21.4. The van der Waals surface area contributed by atoms with Crippen LogP contribution in [0.25, 0.3) is 56.0 Å². The Labute approximate surface area is 388 Å². The minimum atomic E-state index is -0.889. The number of carbonyl (C=O) groups is 3. The summed E-state index contributed by atoms with van der Waals surface area (Å²) in [6.07, 6.45) is 8.01. The number of aliphatic carboxylic acids is 1. The third-order valence-corrected chi connectivity index (χ3v) is 12.2. The van der Waals surface area contributed by atoms with E-state index < -0.39 is 12.0 Å². The maximum absolute atomic E-state index is 13.8. The minimum absolute atomic E-state index is 0.0440. The smallest absolute Gasteiger partial charge is 0.303 e. The molecule has 7 heterocycles. The van der Waals surface area contributed by atoms with E-state index >= 15 is 0 Å². The summed E-state index contributed by atoms with van der Waals surface area (Å²) in [6, 6.07) is 19.0. The molecular formula is C51H57N11O5. The Bertz CT molecular complexity index is 3050. The molecule has 8 bridgehead atoms. The molecule has 67 heavy (non-hydrogen) atoms. The number of carboxylic acids is 1. The molecule has 2 aliphatic rings. The monoisotopic (exact) mass is 903 g/mol. The second-order valence-electron chi connectivity index (χ2n) is 17.1. The average Bonchev–Trinajstić information content (AvgIpc) is 4.12. The number of aromatic amines is 3. The number of rotatable bonds is 19. The molecule has 8 rings (SSSR count). The molecule has 346 valence electrons. The predicted octanol–water partition coefficient (Wildman–Crippen LogP) is 7.91. The number of benzene rings is 1. The number of nitrogens with two attached hydrogens (primary N) is 1. The molecule has 1 atom stereocenters. The van der Waals surface area contributed by atoms with Gasteiger partial charge in [-0.25, -0.2) is 19.9 Å². The van der Waals surface area contributed by atoms with Crippen LogP contribution in [0.5, 0.6) is 5.75 Å². The van der Waals surface area contributed by atoms with E-state index in [1.54, 1.807) is 12.5 Å². The highest BCUT2D eigenvalue weighted by Gasteiger charge is 2.22. The number of hydrogen-bond acceptors (Lipinski definition) is 10. The Morgan fingerprint density at radius 2 is 1.67 bits per heavy atom. The molecule has 1 aromatic carbocycles. The molecule has 16 nitrogen and oxygen atoms in total. The highest BCUT2D eigenvalue weighted by atomic mass is 16.5. The second kappa shape index (κ2) is 20.7. The van der Waals surface area contributed by atoms with Crippen LogP contribution >= 0.6 is 0 Å². The van der Waals surface area contributed by atoms with Crippen LogP contribution in [-0.2, 0) is 27.3 Å². The first kappa shape index (κ1) is 46.0. The van der Waals surface area contributed by atoms with Gasteiger partial charge in [0.2, 0.25) is 11.8 Å². The number of nitrogens with one attached hydrogen (secondary N) is 6. The number of nitrogens with zero attached hydrogens (tertiary/aromatic N) is 4. The van der Waals surface area contributed by atoms with E-state index in [1.807, 2.05) is 82.3 Å². The number of anilines is 1. The standard InChI is InChI=1S/C51H57N11O5/c1-29-19-35-22-43-31(3)39(13-15-49(64)65)46(60-43)25-45-38(32(4)44(61-45)24-42-30(2)20-34(59-42)21-41(29)58-35)12-14-48(63)62-40(7-5-6-16-52)51(66)53-17-18-67-37-10-8-33(9-11-37)26-54-36-23-47-50(55-27-36)57-28-56-47/h8-11,19-25,27-28,40,54,58,61H,5-7,12-18,26,52H2,1-4H3,(H,53,66)(H,62,63)(H,64,65)(H,55,56,57)/t40-/m0/s1. The number of hydrogen-bond donors (Lipinski definition) is 8. The first-order chi connectivity index (χ1) is 32.4. The summed E-state index contributed by atoms with van der Waals surface area (Å²) in [5.74, 6) is -0.765. The second-order valence-corrected chi connectivity index (χ2v) is 17.1. The van der Waals surface area contributed by atoms with Crippen LogP contribution in [-0.4, -0.2) is 83.5 Å². The Hall–Kier alpha value is -7.59. The van der Waals surface area contributed by atoms with Crippen LogP contribution in [0, 0.1) is 13.8 Å². The van der Waals surface area contributed by atoms with Crippen molar-refractivity contribution in [3.8, 4) is 5.75 Å². The van der Waals surface area contributed by atoms with Crippen molar-refractivity contribution in [1.29, 1.82) is 0 Å². The quantitative estimate of drug-likeness (QED) is 0.0363. The summed E-state index contributed by atoms with van der Waals surface area (Å²) >= 11 is 0. The summed E-state index contributed by atoms with van der Waals surface area (Å²) in [6.45, 7) is 9.64. The van der Waals surface area contributed by atoms with Crippen molar-refractivity contribution in [3.63, 3.8) is 0 Å². The van der Waals surface area contributed by atoms with Crippen LogP contribution < -0.4 is 26.4 Å². The average molecular weight is 904 g/mol. The number of unbranched alkanes of at least 4 members (excludes halogenated alkanes) is 1. The van der Waals surface area contributed by atoms with Gasteiger partial charge in [0.25, 0.3) is 0 Å². The van der Waals surface area contributed by atoms with E-state index in [-0.39, 0.29) is 37.8 Å². The maximum Gasteiger partial charge on any atom is 0.303 e. The van der Waals surface area contributed by atoms with Crippen molar-refractivity contribution in [2.24, 2.45) is 5.73 Å². The van der Waals surface area contributed by atoms with Gasteiger partial charge in [-0.3, -0.25) is 14.4 Å². The summed E-state index contributed by atoms with van der Waals surface area (Å²) < 4.78 is 5.93. The summed E-state index contributed by atoms with van der Waals surface area (Å²) in [4.78, 5) is 67.8. The lowest BCUT2D eigenvalue weighted by atomic mass is 10.0. The van der Waals surface area contributed by atoms with Crippen LogP contribution in [0.3, 0.4) is 0 Å². The highest BCUT2D eigenvalue weighted by molar-refractivity contribution is 5.94. The Balaban J connectivity index is 0.957. The number of allylic oxidation sites excluding steroid dienone is 3. The number of carboxylic acid groups (broad SMARTS) is 1. The van der Waals surface area contributed by atoms with E-state index in [9.17, 15) is 19.5 Å². The minimum Gasteiger partial charge on any atom is -0.492 e. The zero-order chi connectivity index (χ0) is 47.0. The molecule has 0 spiro atoms. The van der Waals surface area contributed by atoms with Crippen molar-refractivity contribution in [2.75, 3.05) is 25.0 Å². The van der Waals surface area contributed by atoms with E-state index in [0.29, 0.717) is 50.2 Å². The largest absolute Gasteiger partial charge is 0.492 e. The molecule has 0 saturated carbocycles. The molecule has 6 aromatic rings. The number of ether oxygens (including phenoxy) is 1. The Morgan fingerprint density at radius 1 is 0.851 bits per heavy atom. The van der Waals surface area contributed by atoms with Gasteiger partial charge in [-0.1, -0.05) is 12.1 Å². The number of imidazole rings is 1. The molecule has 16 heteroatoms. The van der Waals surface area contributed by atoms with Crippen LogP contribution in [0.15, 0.2) is 73.2 Å². The third kappa shape index (κ3) is 11.3. The van der Waals surface area contributed by atoms with Gasteiger partial charge >= 0.3 is 5.97 Å². The van der Waals surface area contributed by atoms with E-state index in [2.05, 4.69) is 53.0 Å². The molecule has 0 unspecified atom stereocenters. The van der Waals surface area contributed by atoms with Gasteiger partial charge in [-0.2, -0.15) is 0 Å². The number of aromatic nitrogens is 7. The number of H-pyrrole nitrogens is 3. The molecule has 2 amide bonds. The Kier molecular flexibility index (Phi) is 14.2. The first-order valence-electron chi connectivity index (χ1n) is 22.7. The van der Waals surface area contributed by atoms with Gasteiger partial charge in [0.1, 0.15) is 23.9 Å². The molecular weight excluding hydrogens is 847 g/mol. The molecule has 2 aliphatic heterocycles. The van der Waals surface area contributed by atoms with E-state index in [0.717, 1.165) is 101 Å². The van der Waals surface area contributed by atoms with Gasteiger partial charge in [0.15, 0.2) is 5.65 Å².